The second-order valence-electron chi connectivity index (χ2n) is 9.22. The lowest BCUT2D eigenvalue weighted by molar-refractivity contribution is -0.136. The van der Waals surface area contributed by atoms with Crippen LogP contribution in [-0.4, -0.2) is 49.5 Å². The van der Waals surface area contributed by atoms with Gasteiger partial charge in [-0.3, -0.25) is 14.5 Å². The number of benzene rings is 1. The predicted octanol–water partition coefficient (Wildman–Crippen LogP) is 2.30. The number of carbonyl (C=O) groups is 3. The Morgan fingerprint density at radius 1 is 1.30 bits per heavy atom. The number of amides is 4. The maximum Gasteiger partial charge on any atom is 0.325 e. The number of carbonyl (C=O) groups excluding carboxylic acids is 3. The highest BCUT2D eigenvalue weighted by molar-refractivity contribution is 7.90. The summed E-state index contributed by atoms with van der Waals surface area (Å²) in [6, 6.07) is 2.36. The van der Waals surface area contributed by atoms with E-state index in [1.807, 2.05) is 20.8 Å². The molecule has 10 heteroatoms. The molecular weight excluding hydrogens is 413 g/mol. The van der Waals surface area contributed by atoms with Gasteiger partial charge in [-0.05, 0) is 48.8 Å². The number of sulfone groups is 1. The van der Waals surface area contributed by atoms with Gasteiger partial charge < -0.3 is 10.6 Å². The molecule has 2 aliphatic rings. The number of hydrogen-bond acceptors (Lipinski definition) is 5. The first kappa shape index (κ1) is 22.2. The van der Waals surface area contributed by atoms with E-state index < -0.39 is 45.6 Å². The highest BCUT2D eigenvalue weighted by atomic mass is 32.2. The monoisotopic (exact) mass is 439 g/mol. The maximum atomic E-state index is 14.0. The lowest BCUT2D eigenvalue weighted by atomic mass is 9.64. The van der Waals surface area contributed by atoms with Crippen LogP contribution >= 0.6 is 0 Å². The Balaban J connectivity index is 1.77. The van der Waals surface area contributed by atoms with Gasteiger partial charge in [0, 0.05) is 6.26 Å². The Labute approximate surface area is 175 Å². The van der Waals surface area contributed by atoms with Crippen molar-refractivity contribution >= 4 is 33.4 Å². The van der Waals surface area contributed by atoms with Gasteiger partial charge in [0.2, 0.25) is 5.91 Å². The van der Waals surface area contributed by atoms with E-state index in [-0.39, 0.29) is 21.9 Å². The molecule has 30 heavy (non-hydrogen) atoms. The zero-order chi connectivity index (χ0) is 22.5. The van der Waals surface area contributed by atoms with E-state index in [9.17, 15) is 27.2 Å². The van der Waals surface area contributed by atoms with Crippen molar-refractivity contribution in [1.82, 2.24) is 10.2 Å². The highest BCUT2D eigenvalue weighted by Gasteiger charge is 2.56. The fourth-order valence-electron chi connectivity index (χ4n) is 4.81. The third kappa shape index (κ3) is 4.33. The molecule has 164 valence electrons. The van der Waals surface area contributed by atoms with Crippen LogP contribution in [0.3, 0.4) is 0 Å². The molecule has 1 saturated carbocycles. The normalized spacial score (nSPS) is 26.0. The summed E-state index contributed by atoms with van der Waals surface area (Å²) in [5.74, 6) is -1.87. The Bertz CT molecular complexity index is 1020. The Kier molecular flexibility index (Phi) is 5.43. The van der Waals surface area contributed by atoms with Crippen molar-refractivity contribution in [2.75, 3.05) is 18.1 Å². The molecule has 1 aliphatic heterocycles. The topological polar surface area (TPSA) is 113 Å². The van der Waals surface area contributed by atoms with E-state index in [1.54, 1.807) is 0 Å². The third-order valence-electron chi connectivity index (χ3n) is 5.57. The Morgan fingerprint density at radius 2 is 1.97 bits per heavy atom. The summed E-state index contributed by atoms with van der Waals surface area (Å²) < 4.78 is 37.3. The molecule has 8 nitrogen and oxygen atoms in total. The van der Waals surface area contributed by atoms with Crippen molar-refractivity contribution in [1.29, 1.82) is 0 Å². The lowest BCUT2D eigenvalue weighted by Crippen LogP contribution is -2.54. The van der Waals surface area contributed by atoms with E-state index in [4.69, 9.17) is 0 Å². The second kappa shape index (κ2) is 7.33. The van der Waals surface area contributed by atoms with E-state index in [1.165, 1.54) is 0 Å². The van der Waals surface area contributed by atoms with Gasteiger partial charge in [-0.25, -0.2) is 17.6 Å². The van der Waals surface area contributed by atoms with Gasteiger partial charge in [-0.15, -0.1) is 0 Å². The number of anilines is 1. The smallest absolute Gasteiger partial charge is 0.323 e. The average Bonchev–Trinajstić information content (AvgIpc) is 2.77. The van der Waals surface area contributed by atoms with E-state index >= 15 is 0 Å². The summed E-state index contributed by atoms with van der Waals surface area (Å²) in [6.07, 6.45) is 2.85. The summed E-state index contributed by atoms with van der Waals surface area (Å²) in [4.78, 5) is 38.7. The summed E-state index contributed by atoms with van der Waals surface area (Å²) in [5, 5.41) is 5.02. The SMILES string of the molecule is CC1CC(C)(C)CC2(C1)NC(=O)N(CC(=O)Nc1cc(S(C)(=O)=O)ccc1F)C2=O. The van der Waals surface area contributed by atoms with Crippen molar-refractivity contribution in [2.24, 2.45) is 11.3 Å². The fourth-order valence-corrected chi connectivity index (χ4v) is 5.46. The molecule has 1 aromatic rings. The van der Waals surface area contributed by atoms with Crippen LogP contribution < -0.4 is 10.6 Å². The number of hydrogen-bond donors (Lipinski definition) is 2. The molecule has 0 radical (unpaired) electrons. The minimum atomic E-state index is -3.60. The number of nitrogens with zero attached hydrogens (tertiary/aromatic N) is 1. The van der Waals surface area contributed by atoms with Crippen LogP contribution in [0.1, 0.15) is 40.0 Å². The van der Waals surface area contributed by atoms with Crippen molar-refractivity contribution in [2.45, 2.75) is 50.5 Å². The fraction of sp³-hybridized carbons (Fsp3) is 0.550. The van der Waals surface area contributed by atoms with Crippen LogP contribution in [0.4, 0.5) is 14.9 Å². The molecule has 2 N–H and O–H groups in total. The number of halogens is 1. The molecule has 4 amide bonds. The molecule has 1 heterocycles. The minimum Gasteiger partial charge on any atom is -0.323 e. The third-order valence-corrected chi connectivity index (χ3v) is 6.68. The largest absolute Gasteiger partial charge is 0.325 e. The number of urea groups is 1. The van der Waals surface area contributed by atoms with E-state index in [2.05, 4.69) is 10.6 Å². The summed E-state index contributed by atoms with van der Waals surface area (Å²) in [6.45, 7) is 5.51. The summed E-state index contributed by atoms with van der Waals surface area (Å²) in [5.41, 5.74) is -1.52. The molecule has 1 spiro atoms. The molecule has 1 saturated heterocycles. The molecule has 1 aromatic carbocycles. The van der Waals surface area contributed by atoms with Crippen LogP contribution in [0.15, 0.2) is 23.1 Å². The lowest BCUT2D eigenvalue weighted by Gasteiger charge is -2.43. The van der Waals surface area contributed by atoms with Crippen molar-refractivity contribution in [3.63, 3.8) is 0 Å². The van der Waals surface area contributed by atoms with Gasteiger partial charge in [0.1, 0.15) is 17.9 Å². The quantitative estimate of drug-likeness (QED) is 0.552. The highest BCUT2D eigenvalue weighted by Crippen LogP contribution is 2.46. The first-order chi connectivity index (χ1) is 13.7. The van der Waals surface area contributed by atoms with Crippen molar-refractivity contribution in [3.8, 4) is 0 Å². The van der Waals surface area contributed by atoms with Gasteiger partial charge in [0.05, 0.1) is 10.6 Å². The molecule has 2 unspecified atom stereocenters. The van der Waals surface area contributed by atoms with Crippen molar-refractivity contribution < 1.29 is 27.2 Å². The van der Waals surface area contributed by atoms with Crippen LogP contribution in [0.2, 0.25) is 0 Å². The maximum absolute atomic E-state index is 14.0. The number of imide groups is 1. The van der Waals surface area contributed by atoms with Crippen LogP contribution in [0, 0.1) is 17.2 Å². The Morgan fingerprint density at radius 3 is 2.57 bits per heavy atom. The number of nitrogens with one attached hydrogen (secondary N) is 2. The van der Waals surface area contributed by atoms with E-state index in [0.717, 1.165) is 35.8 Å². The average molecular weight is 440 g/mol. The first-order valence-electron chi connectivity index (χ1n) is 9.66. The molecule has 0 aromatic heterocycles. The second-order valence-corrected chi connectivity index (χ2v) is 11.2. The molecule has 0 bridgehead atoms. The molecule has 3 rings (SSSR count). The molecule has 1 aliphatic carbocycles. The van der Waals surface area contributed by atoms with Crippen LogP contribution in [0.25, 0.3) is 0 Å². The standard InChI is InChI=1S/C20H26FN3O5S/c1-12-8-19(2,3)11-20(9-12)17(26)24(18(27)23-20)10-16(25)22-15-7-13(30(4,28)29)5-6-14(15)21/h5-7,12H,8-11H2,1-4H3,(H,22,25)(H,23,27). The minimum absolute atomic E-state index is 0.145. The summed E-state index contributed by atoms with van der Waals surface area (Å²) >= 11 is 0. The zero-order valence-corrected chi connectivity index (χ0v) is 18.2. The molecule has 2 atom stereocenters. The summed E-state index contributed by atoms with van der Waals surface area (Å²) in [7, 11) is -3.60. The van der Waals surface area contributed by atoms with Crippen molar-refractivity contribution in [3.05, 3.63) is 24.0 Å². The van der Waals surface area contributed by atoms with Gasteiger partial charge >= 0.3 is 6.03 Å². The van der Waals surface area contributed by atoms with Crippen LogP contribution in [-0.2, 0) is 19.4 Å². The van der Waals surface area contributed by atoms with Crippen LogP contribution in [0.5, 0.6) is 0 Å². The van der Waals surface area contributed by atoms with Gasteiger partial charge in [0.15, 0.2) is 9.84 Å². The predicted molar refractivity (Wildman–Crippen MR) is 108 cm³/mol. The van der Waals surface area contributed by atoms with Gasteiger partial charge in [-0.2, -0.15) is 0 Å². The van der Waals surface area contributed by atoms with Gasteiger partial charge in [-0.1, -0.05) is 20.8 Å². The first-order valence-corrected chi connectivity index (χ1v) is 11.6. The van der Waals surface area contributed by atoms with E-state index in [0.29, 0.717) is 12.8 Å². The van der Waals surface area contributed by atoms with Gasteiger partial charge in [0.25, 0.3) is 5.91 Å². The zero-order valence-electron chi connectivity index (χ0n) is 17.4. The molecule has 2 fully saturated rings. The molecular formula is C20H26FN3O5S. The number of rotatable bonds is 4. The Hall–Kier alpha value is -2.49.